The highest BCUT2D eigenvalue weighted by molar-refractivity contribution is 6.38. The highest BCUT2D eigenvalue weighted by Gasteiger charge is 2.32. The number of hydrogen-bond donors (Lipinski definition) is 2. The van der Waals surface area contributed by atoms with E-state index in [-0.39, 0.29) is 29.1 Å². The summed E-state index contributed by atoms with van der Waals surface area (Å²) < 4.78 is 43.8. The maximum Gasteiger partial charge on any atom is 0.573 e. The van der Waals surface area contributed by atoms with E-state index in [2.05, 4.69) is 20.1 Å². The number of para-hydroxylation sites is 1. The molecule has 9 nitrogen and oxygen atoms in total. The van der Waals surface area contributed by atoms with E-state index in [4.69, 9.17) is 5.73 Å². The van der Waals surface area contributed by atoms with E-state index in [9.17, 15) is 27.6 Å². The van der Waals surface area contributed by atoms with Crippen LogP contribution in [-0.4, -0.2) is 44.8 Å². The number of nitrogens with zero attached hydrogens (tertiary/aromatic N) is 3. The summed E-state index contributed by atoms with van der Waals surface area (Å²) in [5, 5.41) is 6.81. The molecule has 38 heavy (non-hydrogen) atoms. The van der Waals surface area contributed by atoms with E-state index in [1.165, 1.54) is 53.5 Å². The van der Waals surface area contributed by atoms with Crippen molar-refractivity contribution in [2.45, 2.75) is 18.8 Å². The number of alkyl halides is 3. The van der Waals surface area contributed by atoms with Gasteiger partial charge in [0.05, 0.1) is 11.3 Å². The van der Waals surface area contributed by atoms with Crippen LogP contribution in [-0.2, 0) is 16.0 Å². The van der Waals surface area contributed by atoms with Gasteiger partial charge in [-0.1, -0.05) is 42.5 Å². The Kier molecular flexibility index (Phi) is 7.51. The molecule has 0 aliphatic heterocycles. The second kappa shape index (κ2) is 10.9. The van der Waals surface area contributed by atoms with Gasteiger partial charge in [-0.2, -0.15) is 5.10 Å². The van der Waals surface area contributed by atoms with Gasteiger partial charge in [-0.15, -0.1) is 13.2 Å². The first-order valence-electron chi connectivity index (χ1n) is 11.2. The molecule has 0 aliphatic carbocycles. The Balaban J connectivity index is 1.63. The second-order valence-electron chi connectivity index (χ2n) is 8.01. The van der Waals surface area contributed by atoms with Crippen molar-refractivity contribution in [1.82, 2.24) is 20.1 Å². The second-order valence-corrected chi connectivity index (χ2v) is 8.01. The number of benzene rings is 2. The Bertz CT molecular complexity index is 1470. The van der Waals surface area contributed by atoms with E-state index in [1.54, 1.807) is 30.3 Å². The van der Waals surface area contributed by atoms with Crippen molar-refractivity contribution in [3.8, 4) is 22.8 Å². The molecule has 0 spiro atoms. The number of primary amides is 1. The van der Waals surface area contributed by atoms with Crippen molar-refractivity contribution in [2.24, 2.45) is 5.73 Å². The van der Waals surface area contributed by atoms with Gasteiger partial charge in [-0.25, -0.2) is 9.67 Å². The van der Waals surface area contributed by atoms with Crippen molar-refractivity contribution in [3.63, 3.8) is 0 Å². The Morgan fingerprint density at radius 2 is 1.68 bits per heavy atom. The summed E-state index contributed by atoms with van der Waals surface area (Å²) in [6, 6.07) is 17.3. The quantitative estimate of drug-likeness (QED) is 0.324. The lowest BCUT2D eigenvalue weighted by atomic mass is 10.0. The lowest BCUT2D eigenvalue weighted by Crippen LogP contribution is -2.47. The number of carbonyl (C=O) groups excluding carboxylic acids is 3. The number of aromatic nitrogens is 3. The topological polar surface area (TPSA) is 129 Å². The first kappa shape index (κ1) is 26.1. The number of ketones is 1. The first-order valence-corrected chi connectivity index (χ1v) is 11.2. The molecule has 0 saturated carbocycles. The van der Waals surface area contributed by atoms with Crippen LogP contribution in [0, 0.1) is 0 Å². The molecule has 2 aromatic carbocycles. The molecule has 0 bridgehead atoms. The zero-order chi connectivity index (χ0) is 27.3. The lowest BCUT2D eigenvalue weighted by Gasteiger charge is -2.17. The van der Waals surface area contributed by atoms with Crippen LogP contribution in [0.5, 0.6) is 5.75 Å². The van der Waals surface area contributed by atoms with Gasteiger partial charge in [0, 0.05) is 24.4 Å². The highest BCUT2D eigenvalue weighted by atomic mass is 19.4. The van der Waals surface area contributed by atoms with Crippen LogP contribution in [0.15, 0.2) is 85.2 Å². The molecule has 0 radical (unpaired) electrons. The summed E-state index contributed by atoms with van der Waals surface area (Å²) in [4.78, 5) is 41.4. The Hall–Kier alpha value is -5.00. The summed E-state index contributed by atoms with van der Waals surface area (Å²) in [6.07, 6.45) is -2.07. The zero-order valence-electron chi connectivity index (χ0n) is 19.6. The number of ether oxygens (including phenoxy) is 1. The van der Waals surface area contributed by atoms with Gasteiger partial charge < -0.3 is 15.8 Å². The van der Waals surface area contributed by atoms with Crippen LogP contribution in [0.3, 0.4) is 0 Å². The molecule has 2 aromatic heterocycles. The lowest BCUT2D eigenvalue weighted by molar-refractivity contribution is -0.274. The van der Waals surface area contributed by atoms with Gasteiger partial charge in [0.2, 0.25) is 5.78 Å². The van der Waals surface area contributed by atoms with Crippen molar-refractivity contribution in [1.29, 1.82) is 0 Å². The van der Waals surface area contributed by atoms with Gasteiger partial charge in [0.1, 0.15) is 11.8 Å². The predicted molar refractivity (Wildman–Crippen MR) is 129 cm³/mol. The smallest absolute Gasteiger partial charge is 0.405 e. The van der Waals surface area contributed by atoms with Gasteiger partial charge in [-0.3, -0.25) is 14.4 Å². The summed E-state index contributed by atoms with van der Waals surface area (Å²) in [5.41, 5.74) is 6.08. The minimum Gasteiger partial charge on any atom is -0.405 e. The summed E-state index contributed by atoms with van der Waals surface area (Å²) in [5.74, 6) is -3.32. The van der Waals surface area contributed by atoms with Crippen molar-refractivity contribution in [2.75, 3.05) is 0 Å². The van der Waals surface area contributed by atoms with E-state index in [0.29, 0.717) is 5.56 Å². The number of halogens is 3. The van der Waals surface area contributed by atoms with E-state index < -0.39 is 35.8 Å². The van der Waals surface area contributed by atoms with Gasteiger partial charge in [0.15, 0.2) is 5.82 Å². The average molecular weight is 523 g/mol. The van der Waals surface area contributed by atoms with Crippen LogP contribution in [0.4, 0.5) is 13.2 Å². The summed E-state index contributed by atoms with van der Waals surface area (Å²) >= 11 is 0. The highest BCUT2D eigenvalue weighted by Crippen LogP contribution is 2.33. The maximum absolute atomic E-state index is 13.2. The fourth-order valence-electron chi connectivity index (χ4n) is 3.70. The fourth-order valence-corrected chi connectivity index (χ4v) is 3.70. The third kappa shape index (κ3) is 6.22. The Morgan fingerprint density at radius 3 is 2.39 bits per heavy atom. The third-order valence-electron chi connectivity index (χ3n) is 5.37. The molecule has 1 unspecified atom stereocenters. The largest absolute Gasteiger partial charge is 0.573 e. The van der Waals surface area contributed by atoms with E-state index in [1.807, 2.05) is 0 Å². The molecule has 2 heterocycles. The van der Waals surface area contributed by atoms with Crippen LogP contribution in [0.1, 0.15) is 15.9 Å². The van der Waals surface area contributed by atoms with Gasteiger partial charge in [0.25, 0.3) is 11.8 Å². The number of nitrogens with one attached hydrogen (secondary N) is 1. The molecular formula is C26H20F3N5O4. The molecule has 3 N–H and O–H groups in total. The summed E-state index contributed by atoms with van der Waals surface area (Å²) in [7, 11) is 0. The van der Waals surface area contributed by atoms with Crippen LogP contribution < -0.4 is 15.8 Å². The number of nitrogens with two attached hydrogens (primary N) is 1. The number of amides is 2. The number of carbonyl (C=O) groups is 3. The van der Waals surface area contributed by atoms with E-state index in [0.717, 1.165) is 6.07 Å². The molecule has 194 valence electrons. The molecule has 0 fully saturated rings. The average Bonchev–Trinajstić information content (AvgIpc) is 3.38. The Morgan fingerprint density at radius 1 is 0.974 bits per heavy atom. The number of pyridine rings is 1. The standard InChI is InChI=1S/C26H20F3N5O4/c27-26(28,29)38-21-11-5-4-9-17(21)19-12-14-34(33-19)24-18(10-6-13-31-24)25(37)32-20(22(35)23(30)36)15-16-7-2-1-3-8-16/h1-14,20H,15H2,(H2,30,36)(H,32,37). The molecule has 0 aliphatic rings. The molecule has 0 saturated heterocycles. The van der Waals surface area contributed by atoms with Gasteiger partial charge in [-0.05, 0) is 35.9 Å². The Labute approximate surface area is 214 Å². The number of rotatable bonds is 9. The normalized spacial score (nSPS) is 12.0. The number of hydrogen-bond acceptors (Lipinski definition) is 6. The van der Waals surface area contributed by atoms with Crippen molar-refractivity contribution >= 4 is 17.6 Å². The SMILES string of the molecule is NC(=O)C(=O)C(Cc1ccccc1)NC(=O)c1cccnc1-n1ccc(-c2ccccc2OC(F)(F)F)n1. The number of Topliss-reactive ketones (excluding diaryl/α,β-unsaturated/α-hetero) is 1. The third-order valence-corrected chi connectivity index (χ3v) is 5.37. The molecular weight excluding hydrogens is 503 g/mol. The maximum atomic E-state index is 13.2. The van der Waals surface area contributed by atoms with Crippen molar-refractivity contribution in [3.05, 3.63) is 96.3 Å². The molecule has 4 aromatic rings. The molecule has 2 amide bonds. The van der Waals surface area contributed by atoms with E-state index >= 15 is 0 Å². The van der Waals surface area contributed by atoms with Crippen LogP contribution >= 0.6 is 0 Å². The first-order chi connectivity index (χ1) is 18.1. The van der Waals surface area contributed by atoms with Crippen LogP contribution in [0.25, 0.3) is 17.1 Å². The van der Waals surface area contributed by atoms with Crippen LogP contribution in [0.2, 0.25) is 0 Å². The minimum atomic E-state index is -4.90. The van der Waals surface area contributed by atoms with Gasteiger partial charge >= 0.3 is 6.36 Å². The predicted octanol–water partition coefficient (Wildman–Crippen LogP) is 3.23. The molecule has 12 heteroatoms. The minimum absolute atomic E-state index is 0.00249. The summed E-state index contributed by atoms with van der Waals surface area (Å²) in [6.45, 7) is 0. The van der Waals surface area contributed by atoms with Crippen molar-refractivity contribution < 1.29 is 32.3 Å². The fraction of sp³-hybridized carbons (Fsp3) is 0.115. The zero-order valence-corrected chi connectivity index (χ0v) is 19.6. The molecule has 1 atom stereocenters. The molecule has 4 rings (SSSR count). The monoisotopic (exact) mass is 523 g/mol.